The molecular formula is C13H20BrNO2. The SMILES string of the molecule is CCC(CO)(CO)NCc1ccc(Br)c(C)c1. The molecular weight excluding hydrogens is 282 g/mol. The molecule has 1 rings (SSSR count). The zero-order chi connectivity index (χ0) is 12.9. The molecule has 0 spiro atoms. The van der Waals surface area contributed by atoms with Crippen LogP contribution in [0.1, 0.15) is 24.5 Å². The molecule has 0 amide bonds. The molecule has 1 aromatic rings. The molecule has 0 radical (unpaired) electrons. The van der Waals surface area contributed by atoms with Gasteiger partial charge in [-0.15, -0.1) is 0 Å². The van der Waals surface area contributed by atoms with E-state index in [4.69, 9.17) is 0 Å². The third-order valence-corrected chi connectivity index (χ3v) is 4.06. The lowest BCUT2D eigenvalue weighted by molar-refractivity contribution is 0.0864. The van der Waals surface area contributed by atoms with E-state index >= 15 is 0 Å². The van der Waals surface area contributed by atoms with E-state index in [0.29, 0.717) is 13.0 Å². The quantitative estimate of drug-likeness (QED) is 0.753. The van der Waals surface area contributed by atoms with Gasteiger partial charge in [-0.25, -0.2) is 0 Å². The highest BCUT2D eigenvalue weighted by Gasteiger charge is 2.25. The molecule has 0 aliphatic carbocycles. The highest BCUT2D eigenvalue weighted by molar-refractivity contribution is 9.10. The lowest BCUT2D eigenvalue weighted by Crippen LogP contribution is -2.50. The molecule has 1 aromatic carbocycles. The maximum absolute atomic E-state index is 9.32. The summed E-state index contributed by atoms with van der Waals surface area (Å²) >= 11 is 3.46. The molecule has 0 heterocycles. The monoisotopic (exact) mass is 301 g/mol. The fourth-order valence-electron chi connectivity index (χ4n) is 1.62. The smallest absolute Gasteiger partial charge is 0.0648 e. The third kappa shape index (κ3) is 3.78. The number of aryl methyl sites for hydroxylation is 1. The molecule has 0 bridgehead atoms. The molecule has 3 N–H and O–H groups in total. The van der Waals surface area contributed by atoms with Crippen molar-refractivity contribution in [3.8, 4) is 0 Å². The Morgan fingerprint density at radius 2 is 1.94 bits per heavy atom. The van der Waals surface area contributed by atoms with Crippen LogP contribution in [0.15, 0.2) is 22.7 Å². The van der Waals surface area contributed by atoms with Crippen molar-refractivity contribution in [3.05, 3.63) is 33.8 Å². The largest absolute Gasteiger partial charge is 0.394 e. The molecule has 0 aliphatic heterocycles. The van der Waals surface area contributed by atoms with Crippen molar-refractivity contribution < 1.29 is 10.2 Å². The van der Waals surface area contributed by atoms with E-state index in [1.807, 2.05) is 26.0 Å². The van der Waals surface area contributed by atoms with Crippen LogP contribution >= 0.6 is 15.9 Å². The first kappa shape index (κ1) is 14.6. The van der Waals surface area contributed by atoms with Gasteiger partial charge in [0.05, 0.1) is 18.8 Å². The summed E-state index contributed by atoms with van der Waals surface area (Å²) in [6.45, 7) is 4.51. The van der Waals surface area contributed by atoms with Gasteiger partial charge in [0.2, 0.25) is 0 Å². The topological polar surface area (TPSA) is 52.5 Å². The van der Waals surface area contributed by atoms with E-state index in [-0.39, 0.29) is 13.2 Å². The van der Waals surface area contributed by atoms with Crippen molar-refractivity contribution in [1.29, 1.82) is 0 Å². The van der Waals surface area contributed by atoms with Crippen LogP contribution in [0.2, 0.25) is 0 Å². The maximum Gasteiger partial charge on any atom is 0.0648 e. The Morgan fingerprint density at radius 1 is 1.29 bits per heavy atom. The number of halogens is 1. The van der Waals surface area contributed by atoms with Gasteiger partial charge in [0.15, 0.2) is 0 Å². The van der Waals surface area contributed by atoms with Crippen LogP contribution in [0.5, 0.6) is 0 Å². The average molecular weight is 302 g/mol. The summed E-state index contributed by atoms with van der Waals surface area (Å²) in [5.41, 5.74) is 1.74. The van der Waals surface area contributed by atoms with Gasteiger partial charge < -0.3 is 15.5 Å². The number of hydrogen-bond acceptors (Lipinski definition) is 3. The first-order valence-electron chi connectivity index (χ1n) is 5.78. The van der Waals surface area contributed by atoms with Crippen molar-refractivity contribution in [2.24, 2.45) is 0 Å². The van der Waals surface area contributed by atoms with Gasteiger partial charge in [-0.2, -0.15) is 0 Å². The van der Waals surface area contributed by atoms with Crippen molar-refractivity contribution in [3.63, 3.8) is 0 Å². The maximum atomic E-state index is 9.32. The van der Waals surface area contributed by atoms with Gasteiger partial charge in [0.25, 0.3) is 0 Å². The average Bonchev–Trinajstić information content (AvgIpc) is 2.36. The fraction of sp³-hybridized carbons (Fsp3) is 0.538. The van der Waals surface area contributed by atoms with E-state index in [2.05, 4.69) is 27.3 Å². The summed E-state index contributed by atoms with van der Waals surface area (Å²) < 4.78 is 1.09. The van der Waals surface area contributed by atoms with E-state index in [9.17, 15) is 10.2 Å². The first-order chi connectivity index (χ1) is 8.06. The number of aliphatic hydroxyl groups excluding tert-OH is 2. The highest BCUT2D eigenvalue weighted by Crippen LogP contribution is 2.18. The molecule has 0 fully saturated rings. The summed E-state index contributed by atoms with van der Waals surface area (Å²) in [6.07, 6.45) is 0.690. The normalized spacial score (nSPS) is 11.8. The van der Waals surface area contributed by atoms with Gasteiger partial charge in [-0.1, -0.05) is 35.0 Å². The zero-order valence-electron chi connectivity index (χ0n) is 10.3. The fourth-order valence-corrected chi connectivity index (χ4v) is 1.86. The lowest BCUT2D eigenvalue weighted by atomic mass is 9.98. The van der Waals surface area contributed by atoms with Crippen LogP contribution in [0.25, 0.3) is 0 Å². The minimum atomic E-state index is -0.582. The molecule has 0 aliphatic rings. The standard InChI is InChI=1S/C13H20BrNO2/c1-3-13(8-16,9-17)15-7-11-4-5-12(14)10(2)6-11/h4-6,15-17H,3,7-9H2,1-2H3. The third-order valence-electron chi connectivity index (χ3n) is 3.17. The second kappa shape index (κ2) is 6.50. The molecule has 0 atom stereocenters. The summed E-state index contributed by atoms with van der Waals surface area (Å²) in [5.74, 6) is 0. The predicted octanol–water partition coefficient (Wildman–Crippen LogP) is 1.98. The van der Waals surface area contributed by atoms with Gasteiger partial charge in [0.1, 0.15) is 0 Å². The van der Waals surface area contributed by atoms with Gasteiger partial charge in [-0.3, -0.25) is 0 Å². The van der Waals surface area contributed by atoms with Crippen LogP contribution in [-0.2, 0) is 6.54 Å². The van der Waals surface area contributed by atoms with Crippen LogP contribution in [0.4, 0.5) is 0 Å². The van der Waals surface area contributed by atoms with Gasteiger partial charge in [0, 0.05) is 11.0 Å². The second-order valence-electron chi connectivity index (χ2n) is 4.39. The zero-order valence-corrected chi connectivity index (χ0v) is 11.9. The summed E-state index contributed by atoms with van der Waals surface area (Å²) in [5, 5.41) is 21.9. The predicted molar refractivity (Wildman–Crippen MR) is 72.9 cm³/mol. The molecule has 0 saturated heterocycles. The summed E-state index contributed by atoms with van der Waals surface area (Å²) in [4.78, 5) is 0. The van der Waals surface area contributed by atoms with Crippen LogP contribution in [0, 0.1) is 6.92 Å². The van der Waals surface area contributed by atoms with Crippen LogP contribution < -0.4 is 5.32 Å². The van der Waals surface area contributed by atoms with Gasteiger partial charge >= 0.3 is 0 Å². The molecule has 4 heteroatoms. The minimum absolute atomic E-state index is 0.0600. The number of benzene rings is 1. The molecule has 3 nitrogen and oxygen atoms in total. The van der Waals surface area contributed by atoms with Crippen molar-refractivity contribution >= 4 is 15.9 Å². The molecule has 0 aromatic heterocycles. The number of aliphatic hydroxyl groups is 2. The second-order valence-corrected chi connectivity index (χ2v) is 5.24. The Morgan fingerprint density at radius 3 is 2.41 bits per heavy atom. The van der Waals surface area contributed by atoms with E-state index in [1.165, 1.54) is 5.56 Å². The number of hydrogen-bond donors (Lipinski definition) is 3. The van der Waals surface area contributed by atoms with Crippen LogP contribution in [0.3, 0.4) is 0 Å². The van der Waals surface area contributed by atoms with Crippen molar-refractivity contribution in [1.82, 2.24) is 5.32 Å². The number of nitrogens with one attached hydrogen (secondary N) is 1. The first-order valence-corrected chi connectivity index (χ1v) is 6.58. The molecule has 96 valence electrons. The van der Waals surface area contributed by atoms with Gasteiger partial charge in [-0.05, 0) is 30.5 Å². The highest BCUT2D eigenvalue weighted by atomic mass is 79.9. The van der Waals surface area contributed by atoms with E-state index in [0.717, 1.165) is 10.0 Å². The Bertz CT molecular complexity index is 356. The Labute approximate surface area is 111 Å². The lowest BCUT2D eigenvalue weighted by Gasteiger charge is -2.30. The summed E-state index contributed by atoms with van der Waals surface area (Å²) in [6, 6.07) is 6.13. The van der Waals surface area contributed by atoms with E-state index in [1.54, 1.807) is 0 Å². The van der Waals surface area contributed by atoms with Crippen molar-refractivity contribution in [2.75, 3.05) is 13.2 Å². The van der Waals surface area contributed by atoms with E-state index < -0.39 is 5.54 Å². The Hall–Kier alpha value is -0.420. The summed E-state index contributed by atoms with van der Waals surface area (Å²) in [7, 11) is 0. The minimum Gasteiger partial charge on any atom is -0.394 e. The molecule has 0 saturated carbocycles. The Balaban J connectivity index is 2.68. The van der Waals surface area contributed by atoms with Crippen molar-refractivity contribution in [2.45, 2.75) is 32.4 Å². The molecule has 0 unspecified atom stereocenters. The Kier molecular flexibility index (Phi) is 5.59. The van der Waals surface area contributed by atoms with Crippen LogP contribution in [-0.4, -0.2) is 29.0 Å². The molecule has 17 heavy (non-hydrogen) atoms. The number of rotatable bonds is 6.